The first-order valence-electron chi connectivity index (χ1n) is 12.3. The van der Waals surface area contributed by atoms with Gasteiger partial charge in [0, 0.05) is 31.3 Å². The van der Waals surface area contributed by atoms with Gasteiger partial charge in [-0.1, -0.05) is 30.0 Å². The zero-order valence-electron chi connectivity index (χ0n) is 21.9. The van der Waals surface area contributed by atoms with Crippen molar-refractivity contribution in [2.45, 2.75) is 31.5 Å². The number of nitrogens with one attached hydrogen (secondary N) is 3. The number of aryl methyl sites for hydroxylation is 1. The number of ether oxygens (including phenoxy) is 2. The van der Waals surface area contributed by atoms with Gasteiger partial charge in [0.1, 0.15) is 0 Å². The predicted molar refractivity (Wildman–Crippen MR) is 150 cm³/mol. The third-order valence-electron chi connectivity index (χ3n) is 5.88. The Kier molecular flexibility index (Phi) is 9.21. The highest BCUT2D eigenvalue weighted by molar-refractivity contribution is 7.99. The van der Waals surface area contributed by atoms with Crippen LogP contribution >= 0.6 is 11.8 Å². The molecule has 0 aliphatic rings. The van der Waals surface area contributed by atoms with Crippen LogP contribution < -0.4 is 25.7 Å². The number of rotatable bonds is 12. The van der Waals surface area contributed by atoms with E-state index in [2.05, 4.69) is 25.8 Å². The average molecular weight is 551 g/mol. The number of thioether (sulfide) groups is 1. The van der Waals surface area contributed by atoms with Gasteiger partial charge in [0.05, 0.1) is 30.9 Å². The van der Waals surface area contributed by atoms with Crippen LogP contribution in [0.25, 0.3) is 10.9 Å². The summed E-state index contributed by atoms with van der Waals surface area (Å²) in [5, 5.41) is 13.2. The van der Waals surface area contributed by atoms with E-state index in [0.717, 1.165) is 23.0 Å². The Bertz CT molecular complexity index is 1530. The Morgan fingerprint density at radius 2 is 1.85 bits per heavy atom. The predicted octanol–water partition coefficient (Wildman–Crippen LogP) is 2.93. The van der Waals surface area contributed by atoms with Gasteiger partial charge in [-0.15, -0.1) is 0 Å². The van der Waals surface area contributed by atoms with Gasteiger partial charge in [-0.2, -0.15) is 5.10 Å². The van der Waals surface area contributed by atoms with Crippen molar-refractivity contribution in [1.82, 2.24) is 25.1 Å². The molecule has 11 nitrogen and oxygen atoms in total. The second-order valence-corrected chi connectivity index (χ2v) is 9.62. The minimum Gasteiger partial charge on any atom is -0.493 e. The molecule has 0 fully saturated rings. The Morgan fingerprint density at radius 3 is 2.59 bits per heavy atom. The fourth-order valence-corrected chi connectivity index (χ4v) is 4.76. The molecule has 3 N–H and O–H groups in total. The van der Waals surface area contributed by atoms with Crippen molar-refractivity contribution in [2.24, 2.45) is 0 Å². The van der Waals surface area contributed by atoms with E-state index in [-0.39, 0.29) is 36.1 Å². The van der Waals surface area contributed by atoms with Gasteiger partial charge in [0.15, 0.2) is 22.5 Å². The van der Waals surface area contributed by atoms with Crippen molar-refractivity contribution in [3.8, 4) is 11.5 Å². The number of aromatic amines is 1. The monoisotopic (exact) mass is 550 g/mol. The third-order valence-corrected chi connectivity index (χ3v) is 6.86. The molecule has 0 spiro atoms. The lowest BCUT2D eigenvalue weighted by atomic mass is 10.1. The number of aromatic nitrogens is 4. The van der Waals surface area contributed by atoms with Crippen molar-refractivity contribution in [3.05, 3.63) is 70.1 Å². The van der Waals surface area contributed by atoms with Crippen molar-refractivity contribution in [3.63, 3.8) is 0 Å². The van der Waals surface area contributed by atoms with Gasteiger partial charge in [0.2, 0.25) is 11.8 Å². The largest absolute Gasteiger partial charge is 0.493 e. The minimum atomic E-state index is -0.284. The van der Waals surface area contributed by atoms with Gasteiger partial charge < -0.3 is 20.1 Å². The molecule has 2 aromatic heterocycles. The summed E-state index contributed by atoms with van der Waals surface area (Å²) < 4.78 is 12.0. The smallest absolute Gasteiger partial charge is 0.262 e. The summed E-state index contributed by atoms with van der Waals surface area (Å²) >= 11 is 1.13. The Labute approximate surface area is 229 Å². The van der Waals surface area contributed by atoms with Gasteiger partial charge in [-0.3, -0.25) is 24.0 Å². The number of benzene rings is 2. The van der Waals surface area contributed by atoms with E-state index >= 15 is 0 Å². The summed E-state index contributed by atoms with van der Waals surface area (Å²) in [4.78, 5) is 42.9. The summed E-state index contributed by atoms with van der Waals surface area (Å²) in [6.45, 7) is 2.39. The van der Waals surface area contributed by atoms with E-state index in [4.69, 9.17) is 9.47 Å². The number of amides is 2. The molecule has 0 aliphatic heterocycles. The van der Waals surface area contributed by atoms with Crippen molar-refractivity contribution >= 4 is 40.3 Å². The van der Waals surface area contributed by atoms with Crippen LogP contribution in [0.5, 0.6) is 11.5 Å². The maximum Gasteiger partial charge on any atom is 0.262 e. The highest BCUT2D eigenvalue weighted by Gasteiger charge is 2.15. The van der Waals surface area contributed by atoms with E-state index in [1.807, 2.05) is 25.1 Å². The highest BCUT2D eigenvalue weighted by Crippen LogP contribution is 2.27. The molecule has 4 rings (SSSR count). The molecule has 0 atom stereocenters. The Morgan fingerprint density at radius 1 is 1.05 bits per heavy atom. The maximum atomic E-state index is 13.3. The molecule has 0 bridgehead atoms. The molecule has 2 aromatic carbocycles. The van der Waals surface area contributed by atoms with E-state index in [1.165, 1.54) is 4.57 Å². The fraction of sp³-hybridized carbons (Fsp3) is 0.296. The van der Waals surface area contributed by atoms with E-state index < -0.39 is 0 Å². The minimum absolute atomic E-state index is 0.0220. The van der Waals surface area contributed by atoms with Gasteiger partial charge in [-0.05, 0) is 43.2 Å². The summed E-state index contributed by atoms with van der Waals surface area (Å²) in [5.41, 5.74) is 2.09. The first-order chi connectivity index (χ1) is 18.9. The van der Waals surface area contributed by atoms with Gasteiger partial charge in [-0.25, -0.2) is 4.98 Å². The van der Waals surface area contributed by atoms with Gasteiger partial charge in [0.25, 0.3) is 5.56 Å². The molecule has 2 amide bonds. The number of anilines is 1. The van der Waals surface area contributed by atoms with Crippen molar-refractivity contribution in [2.75, 3.05) is 31.8 Å². The molecule has 0 unspecified atom stereocenters. The zero-order valence-corrected chi connectivity index (χ0v) is 22.8. The quantitative estimate of drug-likeness (QED) is 0.181. The SMILES string of the molecule is COc1ccc(CCNC(=O)CCn2c(SCC(=O)Nc3cc(C)[nH]n3)nc3ccccc3c2=O)cc1OC. The van der Waals surface area contributed by atoms with E-state index in [9.17, 15) is 14.4 Å². The molecule has 0 saturated heterocycles. The lowest BCUT2D eigenvalue weighted by molar-refractivity contribution is -0.121. The average Bonchev–Trinajstić information content (AvgIpc) is 3.35. The topological polar surface area (TPSA) is 140 Å². The fourth-order valence-electron chi connectivity index (χ4n) is 3.93. The lowest BCUT2D eigenvalue weighted by Gasteiger charge is -2.13. The number of nitrogens with zero attached hydrogens (tertiary/aromatic N) is 3. The van der Waals surface area contributed by atoms with Crippen LogP contribution in [0, 0.1) is 6.92 Å². The molecule has 39 heavy (non-hydrogen) atoms. The Hall–Kier alpha value is -4.32. The van der Waals surface area contributed by atoms with Crippen LogP contribution in [0.15, 0.2) is 58.5 Å². The molecule has 204 valence electrons. The zero-order chi connectivity index (χ0) is 27.8. The summed E-state index contributed by atoms with van der Waals surface area (Å²) in [6.07, 6.45) is 0.688. The second kappa shape index (κ2) is 13.0. The number of para-hydroxylation sites is 1. The standard InChI is InChI=1S/C27H30N6O5S/c1-17-14-23(32-31-17)30-25(35)16-39-27-29-20-7-5-4-6-19(20)26(36)33(27)13-11-24(34)28-12-10-18-8-9-21(37-2)22(15-18)38-3/h4-9,14-15H,10-13,16H2,1-3H3,(H,28,34)(H2,30,31,32,35). The maximum absolute atomic E-state index is 13.3. The first-order valence-corrected chi connectivity index (χ1v) is 13.3. The van der Waals surface area contributed by atoms with Crippen LogP contribution in [-0.2, 0) is 22.6 Å². The Balaban J connectivity index is 1.39. The van der Waals surface area contributed by atoms with Crippen molar-refractivity contribution in [1.29, 1.82) is 0 Å². The van der Waals surface area contributed by atoms with E-state index in [0.29, 0.717) is 46.3 Å². The van der Waals surface area contributed by atoms with Crippen LogP contribution in [-0.4, -0.2) is 58.1 Å². The normalized spacial score (nSPS) is 10.8. The molecular formula is C27H30N6O5S. The third kappa shape index (κ3) is 7.17. The van der Waals surface area contributed by atoms with Crippen LogP contribution in [0.4, 0.5) is 5.82 Å². The summed E-state index contributed by atoms with van der Waals surface area (Å²) in [5.74, 6) is 1.23. The molecule has 0 aliphatic carbocycles. The number of carbonyl (C=O) groups is 2. The summed E-state index contributed by atoms with van der Waals surface area (Å²) in [7, 11) is 3.15. The van der Waals surface area contributed by atoms with Gasteiger partial charge >= 0.3 is 0 Å². The molecule has 0 radical (unpaired) electrons. The number of hydrogen-bond acceptors (Lipinski definition) is 8. The molecule has 12 heteroatoms. The van der Waals surface area contributed by atoms with Crippen molar-refractivity contribution < 1.29 is 19.1 Å². The highest BCUT2D eigenvalue weighted by atomic mass is 32.2. The summed E-state index contributed by atoms with van der Waals surface area (Å²) in [6, 6.07) is 14.3. The lowest BCUT2D eigenvalue weighted by Crippen LogP contribution is -2.30. The number of fused-ring (bicyclic) bond motifs is 1. The van der Waals surface area contributed by atoms with Crippen LogP contribution in [0.2, 0.25) is 0 Å². The number of methoxy groups -OCH3 is 2. The number of hydrogen-bond donors (Lipinski definition) is 3. The second-order valence-electron chi connectivity index (χ2n) is 8.68. The molecule has 2 heterocycles. The number of H-pyrrole nitrogens is 1. The molecule has 4 aromatic rings. The molecular weight excluding hydrogens is 520 g/mol. The first kappa shape index (κ1) is 27.7. The van der Waals surface area contributed by atoms with E-state index in [1.54, 1.807) is 44.6 Å². The van der Waals surface area contributed by atoms with Crippen LogP contribution in [0.1, 0.15) is 17.7 Å². The number of carbonyl (C=O) groups excluding carboxylic acids is 2. The molecule has 0 saturated carbocycles. The van der Waals surface area contributed by atoms with Crippen LogP contribution in [0.3, 0.4) is 0 Å².